The minimum absolute atomic E-state index is 0. The van der Waals surface area contributed by atoms with E-state index in [0.717, 1.165) is 17.2 Å². The molecule has 1 aromatic rings. The van der Waals surface area contributed by atoms with Gasteiger partial charge >= 0.3 is 0 Å². The molecule has 0 fully saturated rings. The summed E-state index contributed by atoms with van der Waals surface area (Å²) in [5.41, 5.74) is 5.77. The number of thioether (sulfide) groups is 1. The summed E-state index contributed by atoms with van der Waals surface area (Å²) < 4.78 is 0. The monoisotopic (exact) mass is 218 g/mol. The average Bonchev–Trinajstić information content (AvgIpc) is 2.16. The zero-order valence-corrected chi connectivity index (χ0v) is 9.28. The van der Waals surface area contributed by atoms with Crippen LogP contribution in [0.15, 0.2) is 29.4 Å². The Kier molecular flexibility index (Phi) is 7.04. The van der Waals surface area contributed by atoms with Crippen molar-refractivity contribution in [1.29, 1.82) is 0 Å². The van der Waals surface area contributed by atoms with Gasteiger partial charge in [-0.1, -0.05) is 13.0 Å². The van der Waals surface area contributed by atoms with Gasteiger partial charge in [0.05, 0.1) is 5.03 Å². The number of nitrogens with two attached hydrogens (primary N) is 1. The second-order valence-corrected chi connectivity index (χ2v) is 3.69. The fourth-order valence-electron chi connectivity index (χ4n) is 0.743. The summed E-state index contributed by atoms with van der Waals surface area (Å²) in [5.74, 6) is 0.952. The van der Waals surface area contributed by atoms with Crippen LogP contribution in [0.2, 0.25) is 0 Å². The van der Waals surface area contributed by atoms with Gasteiger partial charge in [-0.05, 0) is 18.6 Å². The molecule has 0 aliphatic rings. The Morgan fingerprint density at radius 2 is 2.31 bits per heavy atom. The van der Waals surface area contributed by atoms with Gasteiger partial charge in [-0.15, -0.1) is 24.2 Å². The summed E-state index contributed by atoms with van der Waals surface area (Å²) in [5, 5.41) is 1.06. The summed E-state index contributed by atoms with van der Waals surface area (Å²) in [4.78, 5) is 4.19. The van der Waals surface area contributed by atoms with Crippen molar-refractivity contribution in [2.75, 3.05) is 5.75 Å². The highest BCUT2D eigenvalue weighted by Gasteiger charge is 2.00. The van der Waals surface area contributed by atoms with E-state index in [1.807, 2.05) is 18.2 Å². The minimum atomic E-state index is 0. The summed E-state index contributed by atoms with van der Waals surface area (Å²) >= 11 is 1.72. The molecular formula is C9H15ClN2S. The van der Waals surface area contributed by atoms with Gasteiger partial charge < -0.3 is 5.73 Å². The first-order chi connectivity index (χ1) is 5.83. The lowest BCUT2D eigenvalue weighted by molar-refractivity contribution is 0.724. The molecule has 0 saturated carbocycles. The molecule has 1 atom stereocenters. The number of aromatic nitrogens is 1. The second kappa shape index (κ2) is 7.18. The molecule has 0 aliphatic carbocycles. The molecule has 4 heteroatoms. The van der Waals surface area contributed by atoms with E-state index < -0.39 is 0 Å². The van der Waals surface area contributed by atoms with Crippen molar-refractivity contribution in [2.45, 2.75) is 24.4 Å². The molecule has 1 heterocycles. The van der Waals surface area contributed by atoms with Crippen LogP contribution in [0.25, 0.3) is 0 Å². The van der Waals surface area contributed by atoms with E-state index in [1.165, 1.54) is 0 Å². The lowest BCUT2D eigenvalue weighted by Gasteiger charge is -2.06. The molecule has 0 aromatic carbocycles. The SMILES string of the molecule is CCC(N)CSc1ccccn1.Cl. The van der Waals surface area contributed by atoms with Crippen molar-refractivity contribution in [2.24, 2.45) is 5.73 Å². The quantitative estimate of drug-likeness (QED) is 0.789. The van der Waals surface area contributed by atoms with Crippen molar-refractivity contribution in [3.63, 3.8) is 0 Å². The topological polar surface area (TPSA) is 38.9 Å². The Morgan fingerprint density at radius 3 is 2.85 bits per heavy atom. The molecule has 0 aliphatic heterocycles. The molecule has 2 nitrogen and oxygen atoms in total. The predicted molar refractivity (Wildman–Crippen MR) is 60.5 cm³/mol. The lowest BCUT2D eigenvalue weighted by atomic mass is 10.3. The summed E-state index contributed by atoms with van der Waals surface area (Å²) in [6.45, 7) is 2.10. The fraction of sp³-hybridized carbons (Fsp3) is 0.444. The number of nitrogens with zero attached hydrogens (tertiary/aromatic N) is 1. The van der Waals surface area contributed by atoms with Gasteiger partial charge in [-0.2, -0.15) is 0 Å². The van der Waals surface area contributed by atoms with Gasteiger partial charge in [0.25, 0.3) is 0 Å². The highest BCUT2D eigenvalue weighted by atomic mass is 35.5. The van der Waals surface area contributed by atoms with Crippen LogP contribution in [0.3, 0.4) is 0 Å². The molecule has 1 unspecified atom stereocenters. The van der Waals surface area contributed by atoms with E-state index in [0.29, 0.717) is 0 Å². The van der Waals surface area contributed by atoms with Crippen molar-refractivity contribution in [1.82, 2.24) is 4.98 Å². The van der Waals surface area contributed by atoms with Gasteiger partial charge in [-0.25, -0.2) is 4.98 Å². The first-order valence-corrected chi connectivity index (χ1v) is 5.11. The van der Waals surface area contributed by atoms with Gasteiger partial charge in [0.1, 0.15) is 0 Å². The van der Waals surface area contributed by atoms with Crippen molar-refractivity contribution in [3.8, 4) is 0 Å². The molecule has 74 valence electrons. The van der Waals surface area contributed by atoms with Crippen LogP contribution in [0.5, 0.6) is 0 Å². The normalized spacial score (nSPS) is 11.8. The minimum Gasteiger partial charge on any atom is -0.327 e. The van der Waals surface area contributed by atoms with Crippen LogP contribution >= 0.6 is 24.2 Å². The van der Waals surface area contributed by atoms with Gasteiger partial charge in [-0.3, -0.25) is 0 Å². The summed E-state index contributed by atoms with van der Waals surface area (Å²) in [6.07, 6.45) is 2.83. The molecule has 13 heavy (non-hydrogen) atoms. The first kappa shape index (κ1) is 12.8. The molecule has 0 amide bonds. The smallest absolute Gasteiger partial charge is 0.0960 e. The fourth-order valence-corrected chi connectivity index (χ4v) is 1.67. The lowest BCUT2D eigenvalue weighted by Crippen LogP contribution is -2.21. The highest BCUT2D eigenvalue weighted by Crippen LogP contribution is 2.14. The maximum absolute atomic E-state index is 5.77. The number of rotatable bonds is 4. The van der Waals surface area contributed by atoms with E-state index in [-0.39, 0.29) is 18.4 Å². The molecule has 1 aromatic heterocycles. The molecule has 2 N–H and O–H groups in total. The van der Waals surface area contributed by atoms with E-state index >= 15 is 0 Å². The first-order valence-electron chi connectivity index (χ1n) is 4.12. The summed E-state index contributed by atoms with van der Waals surface area (Å²) in [7, 11) is 0. The zero-order valence-electron chi connectivity index (χ0n) is 7.64. The molecule has 0 spiro atoms. The van der Waals surface area contributed by atoms with E-state index in [1.54, 1.807) is 18.0 Å². The summed E-state index contributed by atoms with van der Waals surface area (Å²) in [6, 6.07) is 6.21. The van der Waals surface area contributed by atoms with Crippen molar-refractivity contribution >= 4 is 24.2 Å². The third kappa shape index (κ3) is 5.13. The highest BCUT2D eigenvalue weighted by molar-refractivity contribution is 7.99. The van der Waals surface area contributed by atoms with Gasteiger partial charge in [0, 0.05) is 18.0 Å². The third-order valence-electron chi connectivity index (χ3n) is 1.61. The zero-order chi connectivity index (χ0) is 8.81. The second-order valence-electron chi connectivity index (χ2n) is 2.65. The van der Waals surface area contributed by atoms with Gasteiger partial charge in [0.15, 0.2) is 0 Å². The standard InChI is InChI=1S/C9H14N2S.ClH/c1-2-8(10)7-12-9-5-3-4-6-11-9;/h3-6,8H,2,7,10H2,1H3;1H. The Labute approximate surface area is 89.7 Å². The van der Waals surface area contributed by atoms with E-state index in [4.69, 9.17) is 5.73 Å². The number of hydrogen-bond acceptors (Lipinski definition) is 3. The van der Waals surface area contributed by atoms with Crippen LogP contribution in [0.1, 0.15) is 13.3 Å². The van der Waals surface area contributed by atoms with Crippen LogP contribution in [-0.2, 0) is 0 Å². The van der Waals surface area contributed by atoms with E-state index in [2.05, 4.69) is 11.9 Å². The molecular weight excluding hydrogens is 204 g/mol. The number of halogens is 1. The largest absolute Gasteiger partial charge is 0.327 e. The number of pyridine rings is 1. The Bertz CT molecular complexity index is 218. The Balaban J connectivity index is 0.00000144. The van der Waals surface area contributed by atoms with Crippen LogP contribution in [-0.4, -0.2) is 16.8 Å². The number of hydrogen-bond donors (Lipinski definition) is 1. The van der Waals surface area contributed by atoms with E-state index in [9.17, 15) is 0 Å². The Morgan fingerprint density at radius 1 is 1.54 bits per heavy atom. The molecule has 1 rings (SSSR count). The van der Waals surface area contributed by atoms with Crippen molar-refractivity contribution < 1.29 is 0 Å². The maximum Gasteiger partial charge on any atom is 0.0960 e. The van der Waals surface area contributed by atoms with Crippen molar-refractivity contribution in [3.05, 3.63) is 24.4 Å². The van der Waals surface area contributed by atoms with Gasteiger partial charge in [0.2, 0.25) is 0 Å². The third-order valence-corrected chi connectivity index (χ3v) is 2.74. The van der Waals surface area contributed by atoms with Crippen LogP contribution in [0.4, 0.5) is 0 Å². The maximum atomic E-state index is 5.77. The molecule has 0 bridgehead atoms. The molecule has 0 saturated heterocycles. The Hall–Kier alpha value is -0.250. The van der Waals surface area contributed by atoms with Crippen LogP contribution in [0, 0.1) is 0 Å². The average molecular weight is 219 g/mol. The predicted octanol–water partition coefficient (Wildman–Crippen LogP) is 2.33. The van der Waals surface area contributed by atoms with Crippen LogP contribution < -0.4 is 5.73 Å². The molecule has 0 radical (unpaired) electrons.